The predicted molar refractivity (Wildman–Crippen MR) is 99.4 cm³/mol. The largest absolute Gasteiger partial charge is 0.288 e. The zero-order valence-corrected chi connectivity index (χ0v) is 15.6. The smallest absolute Gasteiger partial charge is 0.243 e. The molecule has 6 heteroatoms. The lowest BCUT2D eigenvalue weighted by atomic mass is 10.1. The van der Waals surface area contributed by atoms with Gasteiger partial charge in [0, 0.05) is 25.8 Å². The average Bonchev–Trinajstić information content (AvgIpc) is 2.59. The fraction of sp³-hybridized carbons (Fsp3) is 0.278. The molecule has 0 spiro atoms. The molecule has 1 atom stereocenters. The molecule has 2 aromatic rings. The SMILES string of the molecule is CC(=O)SCC(C)N(C)S(=O)(=O)c1ccc(-c2ccccc2)cc1. The topological polar surface area (TPSA) is 54.5 Å². The zero-order valence-electron chi connectivity index (χ0n) is 14.0. The Kier molecular flexibility index (Phi) is 6.21. The van der Waals surface area contributed by atoms with Crippen molar-refractivity contribution in [2.75, 3.05) is 12.8 Å². The first kappa shape index (κ1) is 18.7. The normalized spacial score (nSPS) is 13.0. The molecular formula is C18H21NO3S2. The van der Waals surface area contributed by atoms with Gasteiger partial charge < -0.3 is 0 Å². The maximum absolute atomic E-state index is 12.7. The summed E-state index contributed by atoms with van der Waals surface area (Å²) in [4.78, 5) is 11.3. The van der Waals surface area contributed by atoms with Gasteiger partial charge in [-0.2, -0.15) is 4.31 Å². The summed E-state index contributed by atoms with van der Waals surface area (Å²) in [6, 6.07) is 16.4. The van der Waals surface area contributed by atoms with E-state index in [9.17, 15) is 13.2 Å². The van der Waals surface area contributed by atoms with Gasteiger partial charge in [0.25, 0.3) is 0 Å². The summed E-state index contributed by atoms with van der Waals surface area (Å²) in [7, 11) is -2.03. The Morgan fingerprint density at radius 1 is 1.04 bits per heavy atom. The van der Waals surface area contributed by atoms with Gasteiger partial charge in [0.05, 0.1) is 4.90 Å². The average molecular weight is 364 g/mol. The van der Waals surface area contributed by atoms with Gasteiger partial charge in [-0.1, -0.05) is 54.2 Å². The van der Waals surface area contributed by atoms with Crippen molar-refractivity contribution in [2.45, 2.75) is 24.8 Å². The molecule has 0 radical (unpaired) electrons. The van der Waals surface area contributed by atoms with Gasteiger partial charge in [0.1, 0.15) is 0 Å². The lowest BCUT2D eigenvalue weighted by Crippen LogP contribution is -2.36. The van der Waals surface area contributed by atoms with Crippen LogP contribution in [-0.4, -0.2) is 36.7 Å². The lowest BCUT2D eigenvalue weighted by molar-refractivity contribution is -0.109. The van der Waals surface area contributed by atoms with Crippen molar-refractivity contribution < 1.29 is 13.2 Å². The van der Waals surface area contributed by atoms with Crippen molar-refractivity contribution in [3.8, 4) is 11.1 Å². The first-order valence-corrected chi connectivity index (χ1v) is 10.0. The number of benzene rings is 2. The summed E-state index contributed by atoms with van der Waals surface area (Å²) in [5.41, 5.74) is 2.01. The van der Waals surface area contributed by atoms with Gasteiger partial charge in [0.15, 0.2) is 5.12 Å². The molecule has 0 aromatic heterocycles. The van der Waals surface area contributed by atoms with E-state index in [1.54, 1.807) is 26.1 Å². The van der Waals surface area contributed by atoms with E-state index in [0.29, 0.717) is 5.75 Å². The summed E-state index contributed by atoms with van der Waals surface area (Å²) in [5, 5.41) is -0.0140. The minimum absolute atomic E-state index is 0.0140. The van der Waals surface area contributed by atoms with Crippen LogP contribution in [0.5, 0.6) is 0 Å². The highest BCUT2D eigenvalue weighted by Gasteiger charge is 2.25. The van der Waals surface area contributed by atoms with Crippen LogP contribution in [0.3, 0.4) is 0 Å². The van der Waals surface area contributed by atoms with E-state index >= 15 is 0 Å². The van der Waals surface area contributed by atoms with Crippen LogP contribution < -0.4 is 0 Å². The summed E-state index contributed by atoms with van der Waals surface area (Å²) in [6.07, 6.45) is 0. The number of hydrogen-bond acceptors (Lipinski definition) is 4. The van der Waals surface area contributed by atoms with Crippen molar-refractivity contribution in [3.05, 3.63) is 54.6 Å². The molecular weight excluding hydrogens is 342 g/mol. The van der Waals surface area contributed by atoms with Crippen molar-refractivity contribution in [1.29, 1.82) is 0 Å². The maximum atomic E-state index is 12.7. The van der Waals surface area contributed by atoms with Crippen LogP contribution in [0.4, 0.5) is 0 Å². The van der Waals surface area contributed by atoms with E-state index < -0.39 is 10.0 Å². The molecule has 2 aromatic carbocycles. The number of nitrogens with zero attached hydrogens (tertiary/aromatic N) is 1. The van der Waals surface area contributed by atoms with Crippen molar-refractivity contribution in [3.63, 3.8) is 0 Å². The van der Waals surface area contributed by atoms with Gasteiger partial charge in [-0.3, -0.25) is 4.79 Å². The highest BCUT2D eigenvalue weighted by atomic mass is 32.2. The molecule has 4 nitrogen and oxygen atoms in total. The molecule has 24 heavy (non-hydrogen) atoms. The number of carbonyl (C=O) groups is 1. The summed E-state index contributed by atoms with van der Waals surface area (Å²) in [5.74, 6) is 0.438. The minimum Gasteiger partial charge on any atom is -0.288 e. The Morgan fingerprint density at radius 2 is 1.58 bits per heavy atom. The van der Waals surface area contributed by atoms with Crippen LogP contribution in [0.1, 0.15) is 13.8 Å². The summed E-state index contributed by atoms with van der Waals surface area (Å²) < 4.78 is 26.7. The number of hydrogen-bond donors (Lipinski definition) is 0. The first-order valence-electron chi connectivity index (χ1n) is 7.59. The highest BCUT2D eigenvalue weighted by Crippen LogP contribution is 2.23. The standard InChI is InChI=1S/C18H21NO3S2/c1-14(13-23-15(2)20)19(3)24(21,22)18-11-9-17(10-12-18)16-7-5-4-6-8-16/h4-12,14H,13H2,1-3H3. The van der Waals surface area contributed by atoms with Crippen LogP contribution in [-0.2, 0) is 14.8 Å². The van der Waals surface area contributed by atoms with Crippen LogP contribution >= 0.6 is 11.8 Å². The zero-order chi connectivity index (χ0) is 17.7. The Balaban J connectivity index is 2.18. The highest BCUT2D eigenvalue weighted by molar-refractivity contribution is 8.13. The summed E-state index contributed by atoms with van der Waals surface area (Å²) in [6.45, 7) is 3.28. The first-order chi connectivity index (χ1) is 11.3. The van der Waals surface area contributed by atoms with Crippen LogP contribution in [0, 0.1) is 0 Å². The molecule has 0 bridgehead atoms. The number of rotatable bonds is 6. The fourth-order valence-corrected chi connectivity index (χ4v) is 4.35. The number of carbonyl (C=O) groups excluding carboxylic acids is 1. The molecule has 0 aliphatic carbocycles. The van der Waals surface area contributed by atoms with Crippen LogP contribution in [0.25, 0.3) is 11.1 Å². The Bertz CT molecular complexity index is 787. The predicted octanol–water partition coefficient (Wildman–Crippen LogP) is 3.64. The van der Waals surface area contributed by atoms with E-state index in [0.717, 1.165) is 22.9 Å². The molecule has 0 aliphatic rings. The molecule has 128 valence electrons. The quantitative estimate of drug-likeness (QED) is 0.786. The number of thioether (sulfide) groups is 1. The van der Waals surface area contributed by atoms with E-state index in [1.807, 2.05) is 42.5 Å². The third-order valence-corrected chi connectivity index (χ3v) is 6.83. The van der Waals surface area contributed by atoms with Crippen molar-refractivity contribution in [2.24, 2.45) is 0 Å². The summed E-state index contributed by atoms with van der Waals surface area (Å²) >= 11 is 1.13. The Morgan fingerprint density at radius 3 is 2.12 bits per heavy atom. The number of sulfonamides is 1. The van der Waals surface area contributed by atoms with E-state index in [-0.39, 0.29) is 16.1 Å². The van der Waals surface area contributed by atoms with Gasteiger partial charge >= 0.3 is 0 Å². The maximum Gasteiger partial charge on any atom is 0.243 e. The van der Waals surface area contributed by atoms with Crippen LogP contribution in [0.15, 0.2) is 59.5 Å². The second-order valence-electron chi connectivity index (χ2n) is 5.56. The van der Waals surface area contributed by atoms with Crippen molar-refractivity contribution in [1.82, 2.24) is 4.31 Å². The van der Waals surface area contributed by atoms with Gasteiger partial charge in [-0.05, 0) is 30.2 Å². The fourth-order valence-electron chi connectivity index (χ4n) is 2.20. The minimum atomic E-state index is -3.58. The molecule has 2 rings (SSSR count). The van der Waals surface area contributed by atoms with E-state index in [2.05, 4.69) is 0 Å². The second-order valence-corrected chi connectivity index (χ2v) is 8.76. The third kappa shape index (κ3) is 4.47. The lowest BCUT2D eigenvalue weighted by Gasteiger charge is -2.23. The molecule has 0 aliphatic heterocycles. The van der Waals surface area contributed by atoms with Crippen LogP contribution in [0.2, 0.25) is 0 Å². The van der Waals surface area contributed by atoms with Gasteiger partial charge in [0.2, 0.25) is 10.0 Å². The van der Waals surface area contributed by atoms with E-state index in [1.165, 1.54) is 11.2 Å². The molecule has 0 saturated heterocycles. The van der Waals surface area contributed by atoms with E-state index in [4.69, 9.17) is 0 Å². The molecule has 0 saturated carbocycles. The molecule has 0 amide bonds. The monoisotopic (exact) mass is 363 g/mol. The molecule has 0 fully saturated rings. The molecule has 0 heterocycles. The molecule has 0 N–H and O–H groups in total. The Hall–Kier alpha value is -1.63. The second kappa shape index (κ2) is 7.96. The molecule has 1 unspecified atom stereocenters. The van der Waals surface area contributed by atoms with Gasteiger partial charge in [-0.15, -0.1) is 0 Å². The van der Waals surface area contributed by atoms with Crippen molar-refractivity contribution >= 4 is 26.9 Å². The third-order valence-electron chi connectivity index (χ3n) is 3.79. The Labute approximate surface area is 147 Å². The van der Waals surface area contributed by atoms with Gasteiger partial charge in [-0.25, -0.2) is 8.42 Å².